The Hall–Kier alpha value is -0.410. The second-order valence-corrected chi connectivity index (χ2v) is 4.51. The van der Waals surface area contributed by atoms with Crippen LogP contribution in [-0.2, 0) is 9.53 Å². The first-order chi connectivity index (χ1) is 5.99. The molecule has 1 aliphatic carbocycles. The molecule has 3 heteroatoms. The molecule has 3 nitrogen and oxygen atoms in total. The summed E-state index contributed by atoms with van der Waals surface area (Å²) in [6.07, 6.45) is 1.87. The molecular formula is C10H19NO2. The van der Waals surface area contributed by atoms with Crippen molar-refractivity contribution >= 4 is 5.78 Å². The van der Waals surface area contributed by atoms with Crippen molar-refractivity contribution in [1.29, 1.82) is 0 Å². The third-order valence-electron chi connectivity index (χ3n) is 2.96. The molecule has 1 fully saturated rings. The maximum Gasteiger partial charge on any atom is 0.143 e. The molecule has 0 aromatic heterocycles. The van der Waals surface area contributed by atoms with Crippen LogP contribution in [0.2, 0.25) is 0 Å². The Bertz CT molecular complexity index is 201. The smallest absolute Gasteiger partial charge is 0.143 e. The average molecular weight is 185 g/mol. The normalized spacial score (nSPS) is 29.2. The minimum absolute atomic E-state index is 0.00921. The molecule has 0 radical (unpaired) electrons. The Morgan fingerprint density at radius 3 is 2.69 bits per heavy atom. The minimum atomic E-state index is -0.171. The quantitative estimate of drug-likeness (QED) is 0.712. The van der Waals surface area contributed by atoms with Crippen LogP contribution >= 0.6 is 0 Å². The SMILES string of the molecule is COCC(N)C1CCC(C)(C)C1=O. The summed E-state index contributed by atoms with van der Waals surface area (Å²) in [5, 5.41) is 0. The van der Waals surface area contributed by atoms with E-state index < -0.39 is 0 Å². The fourth-order valence-corrected chi connectivity index (χ4v) is 1.99. The number of hydrogen-bond acceptors (Lipinski definition) is 3. The maximum atomic E-state index is 11.8. The van der Waals surface area contributed by atoms with Crippen molar-refractivity contribution in [2.24, 2.45) is 17.1 Å². The minimum Gasteiger partial charge on any atom is -0.383 e. The van der Waals surface area contributed by atoms with Crippen LogP contribution in [-0.4, -0.2) is 25.5 Å². The van der Waals surface area contributed by atoms with Crippen LogP contribution < -0.4 is 5.73 Å². The lowest BCUT2D eigenvalue weighted by molar-refractivity contribution is -0.128. The molecule has 0 bridgehead atoms. The van der Waals surface area contributed by atoms with Crippen LogP contribution in [0.25, 0.3) is 0 Å². The molecule has 2 unspecified atom stereocenters. The molecule has 0 amide bonds. The van der Waals surface area contributed by atoms with Gasteiger partial charge in [-0.3, -0.25) is 4.79 Å². The molecule has 2 atom stereocenters. The van der Waals surface area contributed by atoms with Gasteiger partial charge in [0.05, 0.1) is 6.61 Å². The van der Waals surface area contributed by atoms with Crippen molar-refractivity contribution in [2.45, 2.75) is 32.7 Å². The lowest BCUT2D eigenvalue weighted by atomic mass is 9.87. The number of carbonyl (C=O) groups excluding carboxylic acids is 1. The van der Waals surface area contributed by atoms with Crippen LogP contribution in [0.1, 0.15) is 26.7 Å². The number of Topliss-reactive ketones (excluding diaryl/α,β-unsaturated/α-hetero) is 1. The molecule has 1 rings (SSSR count). The molecule has 0 aromatic carbocycles. The first-order valence-corrected chi connectivity index (χ1v) is 4.78. The number of rotatable bonds is 3. The molecule has 0 aromatic rings. The van der Waals surface area contributed by atoms with Gasteiger partial charge in [0.15, 0.2) is 0 Å². The van der Waals surface area contributed by atoms with Gasteiger partial charge in [0.25, 0.3) is 0 Å². The summed E-state index contributed by atoms with van der Waals surface area (Å²) in [5.41, 5.74) is 5.68. The molecule has 0 aliphatic heterocycles. The summed E-state index contributed by atoms with van der Waals surface area (Å²) in [6.45, 7) is 4.47. The highest BCUT2D eigenvalue weighted by atomic mass is 16.5. The number of nitrogens with two attached hydrogens (primary N) is 1. The van der Waals surface area contributed by atoms with Gasteiger partial charge in [-0.1, -0.05) is 13.8 Å². The first-order valence-electron chi connectivity index (χ1n) is 4.78. The third kappa shape index (κ3) is 2.09. The van der Waals surface area contributed by atoms with Gasteiger partial charge in [-0.25, -0.2) is 0 Å². The van der Waals surface area contributed by atoms with Gasteiger partial charge < -0.3 is 10.5 Å². The van der Waals surface area contributed by atoms with E-state index in [9.17, 15) is 4.79 Å². The van der Waals surface area contributed by atoms with Crippen molar-refractivity contribution in [2.75, 3.05) is 13.7 Å². The van der Waals surface area contributed by atoms with E-state index in [4.69, 9.17) is 10.5 Å². The Labute approximate surface area is 79.6 Å². The zero-order valence-corrected chi connectivity index (χ0v) is 8.67. The van der Waals surface area contributed by atoms with E-state index in [0.717, 1.165) is 12.8 Å². The molecule has 2 N–H and O–H groups in total. The highest BCUT2D eigenvalue weighted by Crippen LogP contribution is 2.38. The van der Waals surface area contributed by atoms with Crippen LogP contribution in [0.3, 0.4) is 0 Å². The van der Waals surface area contributed by atoms with Crippen LogP contribution in [0.5, 0.6) is 0 Å². The summed E-state index contributed by atoms with van der Waals surface area (Å²) in [4.78, 5) is 11.8. The predicted molar refractivity (Wildman–Crippen MR) is 51.4 cm³/mol. The molecular weight excluding hydrogens is 166 g/mol. The molecule has 0 spiro atoms. The Balaban J connectivity index is 2.59. The average Bonchev–Trinajstić information content (AvgIpc) is 2.28. The van der Waals surface area contributed by atoms with Crippen molar-refractivity contribution < 1.29 is 9.53 Å². The maximum absolute atomic E-state index is 11.8. The highest BCUT2D eigenvalue weighted by molar-refractivity contribution is 5.88. The van der Waals surface area contributed by atoms with Crippen LogP contribution in [0.15, 0.2) is 0 Å². The van der Waals surface area contributed by atoms with Crippen LogP contribution in [0, 0.1) is 11.3 Å². The van der Waals surface area contributed by atoms with E-state index in [-0.39, 0.29) is 17.4 Å². The van der Waals surface area contributed by atoms with Crippen molar-refractivity contribution in [3.8, 4) is 0 Å². The summed E-state index contributed by atoms with van der Waals surface area (Å²) in [6, 6.07) is -0.126. The Morgan fingerprint density at radius 2 is 2.31 bits per heavy atom. The van der Waals surface area contributed by atoms with Crippen molar-refractivity contribution in [3.05, 3.63) is 0 Å². The van der Waals surface area contributed by atoms with E-state index in [1.807, 2.05) is 13.8 Å². The summed E-state index contributed by atoms with van der Waals surface area (Å²) < 4.78 is 4.96. The van der Waals surface area contributed by atoms with Gasteiger partial charge in [-0.05, 0) is 12.8 Å². The fraction of sp³-hybridized carbons (Fsp3) is 0.900. The molecule has 76 valence electrons. The largest absolute Gasteiger partial charge is 0.383 e. The second-order valence-electron chi connectivity index (χ2n) is 4.51. The third-order valence-corrected chi connectivity index (χ3v) is 2.96. The first kappa shape index (κ1) is 10.7. The number of ether oxygens (including phenoxy) is 1. The summed E-state index contributed by atoms with van der Waals surface area (Å²) >= 11 is 0. The molecule has 0 heterocycles. The predicted octanol–water partition coefficient (Wildman–Crippen LogP) is 0.965. The molecule has 13 heavy (non-hydrogen) atoms. The number of hydrogen-bond donors (Lipinski definition) is 1. The van der Waals surface area contributed by atoms with E-state index in [1.165, 1.54) is 0 Å². The van der Waals surface area contributed by atoms with Gasteiger partial charge in [0.2, 0.25) is 0 Å². The standard InChI is InChI=1S/C10H19NO2/c1-10(2)5-4-7(9(10)12)8(11)6-13-3/h7-8H,4-6,11H2,1-3H3. The lowest BCUT2D eigenvalue weighted by Gasteiger charge is -2.20. The fourth-order valence-electron chi connectivity index (χ4n) is 1.99. The Morgan fingerprint density at radius 1 is 1.69 bits per heavy atom. The Kier molecular flexibility index (Phi) is 3.09. The van der Waals surface area contributed by atoms with Crippen molar-refractivity contribution in [3.63, 3.8) is 0 Å². The molecule has 0 saturated heterocycles. The molecule has 1 saturated carbocycles. The van der Waals surface area contributed by atoms with E-state index in [2.05, 4.69) is 0 Å². The monoisotopic (exact) mass is 185 g/mol. The van der Waals surface area contributed by atoms with E-state index in [0.29, 0.717) is 12.4 Å². The molecule has 1 aliphatic rings. The van der Waals surface area contributed by atoms with Crippen molar-refractivity contribution in [1.82, 2.24) is 0 Å². The topological polar surface area (TPSA) is 52.3 Å². The number of ketones is 1. The lowest BCUT2D eigenvalue weighted by Crippen LogP contribution is -2.39. The van der Waals surface area contributed by atoms with Gasteiger partial charge in [0, 0.05) is 24.5 Å². The van der Waals surface area contributed by atoms with E-state index >= 15 is 0 Å². The highest BCUT2D eigenvalue weighted by Gasteiger charge is 2.42. The number of methoxy groups -OCH3 is 1. The van der Waals surface area contributed by atoms with Gasteiger partial charge in [0.1, 0.15) is 5.78 Å². The summed E-state index contributed by atoms with van der Waals surface area (Å²) in [7, 11) is 1.62. The number of carbonyl (C=O) groups is 1. The van der Waals surface area contributed by atoms with Gasteiger partial charge in [-0.2, -0.15) is 0 Å². The second kappa shape index (κ2) is 3.76. The van der Waals surface area contributed by atoms with Gasteiger partial charge >= 0.3 is 0 Å². The summed E-state index contributed by atoms with van der Waals surface area (Å²) in [5.74, 6) is 0.312. The van der Waals surface area contributed by atoms with E-state index in [1.54, 1.807) is 7.11 Å². The zero-order valence-electron chi connectivity index (χ0n) is 8.67. The van der Waals surface area contributed by atoms with Gasteiger partial charge in [-0.15, -0.1) is 0 Å². The zero-order chi connectivity index (χ0) is 10.1. The van der Waals surface area contributed by atoms with Crippen LogP contribution in [0.4, 0.5) is 0 Å².